The summed E-state index contributed by atoms with van der Waals surface area (Å²) >= 11 is 0. The van der Waals surface area contributed by atoms with Crippen molar-refractivity contribution in [2.75, 3.05) is 25.1 Å². The van der Waals surface area contributed by atoms with E-state index in [0.29, 0.717) is 12.1 Å². The zero-order valence-corrected chi connectivity index (χ0v) is 18.6. The van der Waals surface area contributed by atoms with Gasteiger partial charge in [0.15, 0.2) is 0 Å². The van der Waals surface area contributed by atoms with E-state index in [9.17, 15) is 19.5 Å². The third kappa shape index (κ3) is 4.51. The lowest BCUT2D eigenvalue weighted by Crippen LogP contribution is -2.45. The second-order valence-electron chi connectivity index (χ2n) is 8.49. The minimum absolute atomic E-state index is 0.0853. The Morgan fingerprint density at radius 2 is 1.97 bits per heavy atom. The molecule has 2 aliphatic rings. The Hall–Kier alpha value is -2.67. The average molecular weight is 429 g/mol. The molecule has 1 aliphatic heterocycles. The minimum Gasteiger partial charge on any atom is -0.466 e. The monoisotopic (exact) mass is 428 g/mol. The van der Waals surface area contributed by atoms with Crippen molar-refractivity contribution in [1.29, 1.82) is 0 Å². The van der Waals surface area contributed by atoms with Gasteiger partial charge in [-0.3, -0.25) is 14.4 Å². The van der Waals surface area contributed by atoms with Crippen molar-refractivity contribution < 1.29 is 24.2 Å². The summed E-state index contributed by atoms with van der Waals surface area (Å²) < 4.78 is 5.26. The van der Waals surface area contributed by atoms with Crippen LogP contribution in [-0.4, -0.2) is 53.6 Å². The van der Waals surface area contributed by atoms with Crippen molar-refractivity contribution in [3.05, 3.63) is 41.5 Å². The molecule has 168 valence electrons. The summed E-state index contributed by atoms with van der Waals surface area (Å²) in [6.07, 6.45) is 4.17. The number of benzene rings is 1. The topological polar surface area (TPSA) is 95.9 Å². The summed E-state index contributed by atoms with van der Waals surface area (Å²) in [7, 11) is 0. The number of fused-ring (bicyclic) bond motifs is 1. The van der Waals surface area contributed by atoms with Gasteiger partial charge in [-0.05, 0) is 50.3 Å². The van der Waals surface area contributed by atoms with Crippen LogP contribution in [0.1, 0.15) is 31.4 Å². The summed E-state index contributed by atoms with van der Waals surface area (Å²) in [4.78, 5) is 41.1. The highest BCUT2D eigenvalue weighted by molar-refractivity contribution is 6.02. The molecule has 2 N–H and O–H groups in total. The number of hydrogen-bond donors (Lipinski definition) is 2. The van der Waals surface area contributed by atoms with Crippen molar-refractivity contribution in [3.63, 3.8) is 0 Å². The second kappa shape index (κ2) is 9.64. The van der Waals surface area contributed by atoms with Crippen LogP contribution in [-0.2, 0) is 19.1 Å². The zero-order valence-electron chi connectivity index (χ0n) is 18.6. The Morgan fingerprint density at radius 3 is 2.65 bits per heavy atom. The van der Waals surface area contributed by atoms with Crippen LogP contribution in [0.15, 0.2) is 30.4 Å². The van der Waals surface area contributed by atoms with Gasteiger partial charge in [0.25, 0.3) is 0 Å². The lowest BCUT2D eigenvalue weighted by molar-refractivity contribution is -0.155. The van der Waals surface area contributed by atoms with Gasteiger partial charge in [0.1, 0.15) is 6.04 Å². The number of anilines is 1. The van der Waals surface area contributed by atoms with E-state index in [1.54, 1.807) is 6.92 Å². The molecule has 0 spiro atoms. The van der Waals surface area contributed by atoms with Gasteiger partial charge in [0.05, 0.1) is 18.4 Å². The van der Waals surface area contributed by atoms with Crippen molar-refractivity contribution >= 4 is 23.5 Å². The van der Waals surface area contributed by atoms with Gasteiger partial charge in [-0.2, -0.15) is 0 Å². The molecule has 5 atom stereocenters. The van der Waals surface area contributed by atoms with E-state index in [1.165, 1.54) is 4.90 Å². The molecule has 1 aromatic carbocycles. The van der Waals surface area contributed by atoms with Gasteiger partial charge in [-0.25, -0.2) is 0 Å². The summed E-state index contributed by atoms with van der Waals surface area (Å²) in [6.45, 7) is 7.91. The number of likely N-dealkylation sites (tertiary alicyclic amines) is 1. The standard InChI is InChI=1S/C24H32N2O5/c1-5-31-24(30)19-16(4)9-10-17-20(19)23(29)26(11-6-12-27)21(17)22(28)25-18-13-14(2)7-8-15(18)3/h7-10,13,16-17,19-21,27H,5-6,11-12H2,1-4H3,(H,25,28)/t16-,17+,19-,20-,21+/m1/s1. The third-order valence-electron chi connectivity index (χ3n) is 6.31. The minimum atomic E-state index is -0.746. The molecule has 7 heteroatoms. The number of nitrogens with zero attached hydrogens (tertiary/aromatic N) is 1. The maximum atomic E-state index is 13.4. The van der Waals surface area contributed by atoms with Crippen LogP contribution in [0, 0.1) is 37.5 Å². The molecule has 0 unspecified atom stereocenters. The van der Waals surface area contributed by atoms with Gasteiger partial charge in [0.2, 0.25) is 11.8 Å². The predicted molar refractivity (Wildman–Crippen MR) is 117 cm³/mol. The highest BCUT2D eigenvalue weighted by Gasteiger charge is 2.56. The number of aliphatic hydroxyl groups excluding tert-OH is 1. The molecule has 0 radical (unpaired) electrons. The molecule has 7 nitrogen and oxygen atoms in total. The summed E-state index contributed by atoms with van der Waals surface area (Å²) in [5.41, 5.74) is 2.66. The molecule has 31 heavy (non-hydrogen) atoms. The third-order valence-corrected chi connectivity index (χ3v) is 6.31. The molecule has 3 rings (SSSR count). The molecule has 1 saturated heterocycles. The molecule has 0 saturated carbocycles. The van der Waals surface area contributed by atoms with E-state index in [-0.39, 0.29) is 37.5 Å². The molecule has 0 aromatic heterocycles. The van der Waals surface area contributed by atoms with E-state index in [0.717, 1.165) is 11.1 Å². The molecular weight excluding hydrogens is 396 g/mol. The lowest BCUT2D eigenvalue weighted by Gasteiger charge is -2.32. The SMILES string of the molecule is CCOC(=O)[C@H]1[C@@H]2C(=O)N(CCCO)[C@H](C(=O)Nc3cc(C)ccc3C)[C@H]2C=C[C@H]1C. The van der Waals surface area contributed by atoms with Gasteiger partial charge in [-0.1, -0.05) is 31.2 Å². The number of aryl methyl sites for hydroxylation is 2. The number of carbonyl (C=O) groups excluding carboxylic acids is 3. The number of amides is 2. The highest BCUT2D eigenvalue weighted by atomic mass is 16.5. The maximum absolute atomic E-state index is 13.4. The molecule has 1 fully saturated rings. The Bertz CT molecular complexity index is 881. The van der Waals surface area contributed by atoms with E-state index in [2.05, 4.69) is 5.32 Å². The highest BCUT2D eigenvalue weighted by Crippen LogP contribution is 2.44. The summed E-state index contributed by atoms with van der Waals surface area (Å²) in [5.74, 6) is -2.78. The Labute approximate surface area is 183 Å². The Morgan fingerprint density at radius 1 is 1.23 bits per heavy atom. The number of rotatable bonds is 7. The first-order valence-corrected chi connectivity index (χ1v) is 10.9. The second-order valence-corrected chi connectivity index (χ2v) is 8.49. The van der Waals surface area contributed by atoms with Crippen molar-refractivity contribution in [3.8, 4) is 0 Å². The van der Waals surface area contributed by atoms with E-state index < -0.39 is 29.8 Å². The maximum Gasteiger partial charge on any atom is 0.310 e. The smallest absolute Gasteiger partial charge is 0.310 e. The molecule has 1 heterocycles. The first-order chi connectivity index (χ1) is 14.8. The van der Waals surface area contributed by atoms with E-state index in [4.69, 9.17) is 4.74 Å². The van der Waals surface area contributed by atoms with Crippen LogP contribution >= 0.6 is 0 Å². The van der Waals surface area contributed by atoms with Crippen LogP contribution < -0.4 is 5.32 Å². The van der Waals surface area contributed by atoms with Crippen LogP contribution in [0.2, 0.25) is 0 Å². The number of allylic oxidation sites excluding steroid dienone is 1. The molecule has 0 bridgehead atoms. The molecular formula is C24H32N2O5. The van der Waals surface area contributed by atoms with Crippen LogP contribution in [0.5, 0.6) is 0 Å². The van der Waals surface area contributed by atoms with Gasteiger partial charge in [-0.15, -0.1) is 0 Å². The zero-order chi connectivity index (χ0) is 22.7. The number of carbonyl (C=O) groups is 3. The first-order valence-electron chi connectivity index (χ1n) is 10.9. The Kier molecular flexibility index (Phi) is 7.15. The van der Waals surface area contributed by atoms with Crippen molar-refractivity contribution in [1.82, 2.24) is 4.90 Å². The lowest BCUT2D eigenvalue weighted by atomic mass is 9.70. The van der Waals surface area contributed by atoms with Crippen molar-refractivity contribution in [2.45, 2.75) is 40.2 Å². The fourth-order valence-corrected chi connectivity index (χ4v) is 4.75. The molecule has 2 amide bonds. The largest absolute Gasteiger partial charge is 0.466 e. The molecule has 1 aliphatic carbocycles. The van der Waals surface area contributed by atoms with Crippen LogP contribution in [0.4, 0.5) is 5.69 Å². The average Bonchev–Trinajstić information content (AvgIpc) is 3.01. The van der Waals surface area contributed by atoms with Gasteiger partial charge in [0, 0.05) is 24.8 Å². The fourth-order valence-electron chi connectivity index (χ4n) is 4.75. The van der Waals surface area contributed by atoms with Crippen LogP contribution in [0.3, 0.4) is 0 Å². The normalized spacial score (nSPS) is 27.2. The number of ether oxygens (including phenoxy) is 1. The number of aliphatic hydroxyl groups is 1. The van der Waals surface area contributed by atoms with Gasteiger partial charge < -0.3 is 20.1 Å². The number of nitrogens with one attached hydrogen (secondary N) is 1. The van der Waals surface area contributed by atoms with Crippen molar-refractivity contribution in [2.24, 2.45) is 23.7 Å². The quantitative estimate of drug-likeness (QED) is 0.514. The molecule has 1 aromatic rings. The number of hydrogen-bond acceptors (Lipinski definition) is 5. The summed E-state index contributed by atoms with van der Waals surface area (Å²) in [6, 6.07) is 5.07. The Balaban J connectivity index is 1.95. The summed E-state index contributed by atoms with van der Waals surface area (Å²) in [5, 5.41) is 12.3. The first kappa shape index (κ1) is 23.0. The fraction of sp³-hybridized carbons (Fsp3) is 0.542. The van der Waals surface area contributed by atoms with Crippen LogP contribution in [0.25, 0.3) is 0 Å². The van der Waals surface area contributed by atoms with Gasteiger partial charge >= 0.3 is 5.97 Å². The van der Waals surface area contributed by atoms with E-state index in [1.807, 2.05) is 51.1 Å². The predicted octanol–water partition coefficient (Wildman–Crippen LogP) is 2.45. The number of esters is 1. The van der Waals surface area contributed by atoms with E-state index >= 15 is 0 Å².